The van der Waals surface area contributed by atoms with E-state index in [1.54, 1.807) is 12.1 Å². The molecule has 0 aromatic heterocycles. The van der Waals surface area contributed by atoms with Crippen LogP contribution in [0.4, 0.5) is 4.39 Å². The van der Waals surface area contributed by atoms with Gasteiger partial charge in [-0.05, 0) is 37.8 Å². The van der Waals surface area contributed by atoms with Crippen LogP contribution < -0.4 is 4.74 Å². The second-order valence-corrected chi connectivity index (χ2v) is 6.71. The van der Waals surface area contributed by atoms with Gasteiger partial charge in [-0.3, -0.25) is 9.59 Å². The summed E-state index contributed by atoms with van der Waals surface area (Å²) in [5.41, 5.74) is 0. The van der Waals surface area contributed by atoms with Crippen molar-refractivity contribution in [3.05, 3.63) is 30.1 Å². The molecule has 0 unspecified atom stereocenters. The summed E-state index contributed by atoms with van der Waals surface area (Å²) in [5, 5.41) is 0. The van der Waals surface area contributed by atoms with E-state index in [1.807, 2.05) is 9.80 Å². The summed E-state index contributed by atoms with van der Waals surface area (Å²) in [6.45, 7) is 2.71. The maximum Gasteiger partial charge on any atom is 0.222 e. The zero-order valence-corrected chi connectivity index (χ0v) is 14.5. The van der Waals surface area contributed by atoms with Crippen molar-refractivity contribution in [1.29, 1.82) is 0 Å². The first-order valence-electron chi connectivity index (χ1n) is 9.09. The van der Waals surface area contributed by atoms with E-state index in [4.69, 9.17) is 4.74 Å². The second-order valence-electron chi connectivity index (χ2n) is 6.71. The molecule has 0 bridgehead atoms. The largest absolute Gasteiger partial charge is 0.493 e. The summed E-state index contributed by atoms with van der Waals surface area (Å²) in [6, 6.07) is 6.32. The van der Waals surface area contributed by atoms with Crippen LogP contribution in [0.3, 0.4) is 0 Å². The number of likely N-dealkylation sites (tertiary alicyclic amines) is 2. The molecule has 2 aliphatic rings. The Balaban J connectivity index is 1.34. The Morgan fingerprint density at radius 3 is 2.72 bits per heavy atom. The van der Waals surface area contributed by atoms with Crippen molar-refractivity contribution in [1.82, 2.24) is 9.80 Å². The van der Waals surface area contributed by atoms with Gasteiger partial charge in [-0.25, -0.2) is 4.39 Å². The van der Waals surface area contributed by atoms with Crippen LogP contribution in [0.1, 0.15) is 38.5 Å². The Hall–Kier alpha value is -2.11. The van der Waals surface area contributed by atoms with Gasteiger partial charge < -0.3 is 14.5 Å². The zero-order valence-electron chi connectivity index (χ0n) is 14.5. The van der Waals surface area contributed by atoms with Crippen LogP contribution >= 0.6 is 0 Å². The molecule has 0 aliphatic carbocycles. The number of ether oxygens (including phenoxy) is 1. The van der Waals surface area contributed by atoms with Crippen molar-refractivity contribution in [3.63, 3.8) is 0 Å². The average Bonchev–Trinajstić information content (AvgIpc) is 3.05. The molecular weight excluding hydrogens is 323 g/mol. The van der Waals surface area contributed by atoms with Crippen LogP contribution in [0.25, 0.3) is 0 Å². The number of piperidine rings is 1. The molecule has 2 fully saturated rings. The summed E-state index contributed by atoms with van der Waals surface area (Å²) in [6.07, 6.45) is 4.42. The van der Waals surface area contributed by atoms with Crippen LogP contribution in [0.15, 0.2) is 24.3 Å². The minimum Gasteiger partial charge on any atom is -0.493 e. The van der Waals surface area contributed by atoms with Gasteiger partial charge in [0.2, 0.25) is 11.8 Å². The molecule has 2 aliphatic heterocycles. The molecule has 0 radical (unpaired) electrons. The standard InChI is InChI=1S/C19H25FN2O3/c20-15-4-1-5-17(14-15)25-13-3-7-18(23)21-11-8-16(9-12-21)22-10-2-6-19(22)24/h1,4-5,14,16H,2-3,6-13H2. The van der Waals surface area contributed by atoms with Crippen molar-refractivity contribution < 1.29 is 18.7 Å². The Morgan fingerprint density at radius 1 is 1.24 bits per heavy atom. The normalized spacial score (nSPS) is 18.7. The third-order valence-electron chi connectivity index (χ3n) is 4.97. The predicted octanol–water partition coefficient (Wildman–Crippen LogP) is 2.60. The fourth-order valence-electron chi connectivity index (χ4n) is 3.61. The van der Waals surface area contributed by atoms with E-state index in [1.165, 1.54) is 12.1 Å². The maximum atomic E-state index is 13.0. The number of hydrogen-bond donors (Lipinski definition) is 0. The van der Waals surface area contributed by atoms with Crippen molar-refractivity contribution in [2.45, 2.75) is 44.6 Å². The SMILES string of the molecule is O=C(CCCOc1cccc(F)c1)N1CCC(N2CCCC2=O)CC1. The molecule has 2 amide bonds. The van der Waals surface area contributed by atoms with E-state index in [0.29, 0.717) is 37.7 Å². The van der Waals surface area contributed by atoms with E-state index in [2.05, 4.69) is 0 Å². The quantitative estimate of drug-likeness (QED) is 0.743. The van der Waals surface area contributed by atoms with Crippen molar-refractivity contribution >= 4 is 11.8 Å². The van der Waals surface area contributed by atoms with Crippen LogP contribution in [-0.2, 0) is 9.59 Å². The lowest BCUT2D eigenvalue weighted by Gasteiger charge is -2.36. The van der Waals surface area contributed by atoms with E-state index < -0.39 is 0 Å². The Bertz CT molecular complexity index is 614. The average molecular weight is 348 g/mol. The number of rotatable bonds is 6. The van der Waals surface area contributed by atoms with Gasteiger partial charge in [-0.15, -0.1) is 0 Å². The molecule has 25 heavy (non-hydrogen) atoms. The van der Waals surface area contributed by atoms with Crippen LogP contribution in [0, 0.1) is 5.82 Å². The summed E-state index contributed by atoms with van der Waals surface area (Å²) < 4.78 is 18.5. The smallest absolute Gasteiger partial charge is 0.222 e. The lowest BCUT2D eigenvalue weighted by atomic mass is 10.0. The summed E-state index contributed by atoms with van der Waals surface area (Å²) in [7, 11) is 0. The van der Waals surface area contributed by atoms with Crippen molar-refractivity contribution in [2.24, 2.45) is 0 Å². The van der Waals surface area contributed by atoms with E-state index in [9.17, 15) is 14.0 Å². The number of nitrogens with zero attached hydrogens (tertiary/aromatic N) is 2. The number of carbonyl (C=O) groups excluding carboxylic acids is 2. The predicted molar refractivity (Wildman–Crippen MR) is 91.7 cm³/mol. The third kappa shape index (κ3) is 4.71. The second kappa shape index (κ2) is 8.32. The minimum absolute atomic E-state index is 0.133. The maximum absolute atomic E-state index is 13.0. The van der Waals surface area contributed by atoms with Gasteiger partial charge in [0.1, 0.15) is 11.6 Å². The first-order chi connectivity index (χ1) is 12.1. The van der Waals surface area contributed by atoms with Crippen molar-refractivity contribution in [2.75, 3.05) is 26.2 Å². The van der Waals surface area contributed by atoms with E-state index in [-0.39, 0.29) is 17.6 Å². The highest BCUT2D eigenvalue weighted by molar-refractivity contribution is 5.78. The summed E-state index contributed by atoms with van der Waals surface area (Å²) in [5.74, 6) is 0.560. The highest BCUT2D eigenvalue weighted by Gasteiger charge is 2.31. The highest BCUT2D eigenvalue weighted by Crippen LogP contribution is 2.22. The molecule has 6 heteroatoms. The van der Waals surface area contributed by atoms with Crippen LogP contribution in [-0.4, -0.2) is 53.9 Å². The van der Waals surface area contributed by atoms with E-state index in [0.717, 1.165) is 38.9 Å². The molecule has 0 saturated carbocycles. The van der Waals surface area contributed by atoms with Gasteiger partial charge in [0.05, 0.1) is 6.61 Å². The van der Waals surface area contributed by atoms with Gasteiger partial charge in [0.15, 0.2) is 0 Å². The van der Waals surface area contributed by atoms with E-state index >= 15 is 0 Å². The molecule has 136 valence electrons. The molecule has 1 aromatic carbocycles. The van der Waals surface area contributed by atoms with Crippen LogP contribution in [0.5, 0.6) is 5.75 Å². The Morgan fingerprint density at radius 2 is 2.04 bits per heavy atom. The molecule has 2 saturated heterocycles. The summed E-state index contributed by atoms with van der Waals surface area (Å²) in [4.78, 5) is 28.0. The van der Waals surface area contributed by atoms with Gasteiger partial charge in [-0.2, -0.15) is 0 Å². The van der Waals surface area contributed by atoms with Gasteiger partial charge >= 0.3 is 0 Å². The number of hydrogen-bond acceptors (Lipinski definition) is 3. The van der Waals surface area contributed by atoms with Gasteiger partial charge in [0, 0.05) is 44.6 Å². The first kappa shape index (κ1) is 17.7. The Labute approximate surface area is 147 Å². The zero-order chi connectivity index (χ0) is 17.6. The highest BCUT2D eigenvalue weighted by atomic mass is 19.1. The van der Waals surface area contributed by atoms with Gasteiger partial charge in [-0.1, -0.05) is 6.07 Å². The molecule has 5 nitrogen and oxygen atoms in total. The molecule has 2 heterocycles. The number of amides is 2. The molecular formula is C19H25FN2O3. The Kier molecular flexibility index (Phi) is 5.89. The molecule has 0 atom stereocenters. The minimum atomic E-state index is -0.326. The lowest BCUT2D eigenvalue weighted by Crippen LogP contribution is -2.47. The molecule has 0 N–H and O–H groups in total. The summed E-state index contributed by atoms with van der Waals surface area (Å²) >= 11 is 0. The first-order valence-corrected chi connectivity index (χ1v) is 9.09. The number of benzene rings is 1. The van der Waals surface area contributed by atoms with Crippen LogP contribution in [0.2, 0.25) is 0 Å². The number of halogens is 1. The third-order valence-corrected chi connectivity index (χ3v) is 4.97. The fourth-order valence-corrected chi connectivity index (χ4v) is 3.61. The molecule has 3 rings (SSSR count). The fraction of sp³-hybridized carbons (Fsp3) is 0.579. The van der Waals surface area contributed by atoms with Gasteiger partial charge in [0.25, 0.3) is 0 Å². The van der Waals surface area contributed by atoms with Crippen molar-refractivity contribution in [3.8, 4) is 5.75 Å². The topological polar surface area (TPSA) is 49.9 Å². The number of carbonyl (C=O) groups is 2. The lowest BCUT2D eigenvalue weighted by molar-refractivity contribution is -0.134. The molecule has 0 spiro atoms. The monoisotopic (exact) mass is 348 g/mol. The molecule has 1 aromatic rings.